The van der Waals surface area contributed by atoms with Gasteiger partial charge < -0.3 is 14.2 Å². The number of ether oxygens (including phenoxy) is 3. The molecule has 3 aromatic rings. The predicted octanol–water partition coefficient (Wildman–Crippen LogP) is 8.79. The number of esters is 1. The molecule has 0 aromatic heterocycles. The molecule has 7 heteroatoms. The van der Waals surface area contributed by atoms with Gasteiger partial charge in [0.05, 0.1) is 18.3 Å². The second-order valence-electron chi connectivity index (χ2n) is 10.0. The van der Waals surface area contributed by atoms with E-state index in [4.69, 9.17) is 14.2 Å². The molecule has 0 amide bonds. The molecular weight excluding hydrogens is 517 g/mol. The first-order valence-electron chi connectivity index (χ1n) is 13.9. The lowest BCUT2D eigenvalue weighted by molar-refractivity contribution is 0.0230. The Morgan fingerprint density at radius 3 is 2.38 bits per heavy atom. The van der Waals surface area contributed by atoms with Gasteiger partial charge in [-0.3, -0.25) is 0 Å². The van der Waals surface area contributed by atoms with Gasteiger partial charge in [0.15, 0.2) is 23.2 Å². The molecule has 1 aliphatic rings. The highest BCUT2D eigenvalue weighted by Gasteiger charge is 2.27. The third kappa shape index (κ3) is 7.33. The van der Waals surface area contributed by atoms with E-state index in [1.54, 1.807) is 18.2 Å². The van der Waals surface area contributed by atoms with E-state index in [0.717, 1.165) is 51.2 Å². The Kier molecular flexibility index (Phi) is 10.4. The lowest BCUT2D eigenvalue weighted by Crippen LogP contribution is -2.22. The fraction of sp³-hybridized carbons (Fsp3) is 0.364. The Hall–Kier alpha value is -3.58. The molecule has 0 N–H and O–H groups in total. The standard InChI is InChI=1S/C33H35F3O4/c1-3-5-19-38-25-13-11-23(12-14-25)28-17-16-27(31(35)32(28)36)22-7-9-24(10-8-22)33(37)40-26-15-18-30(29(34)21-26)39-20-6-4-2/h4,7-10,15-18,21,23,25H,2-3,5-6,11-14,19-20H2,1H3. The highest BCUT2D eigenvalue weighted by Crippen LogP contribution is 2.38. The number of unbranched alkanes of at least 4 members (excludes halogenated alkanes) is 1. The molecule has 0 spiro atoms. The Bertz CT molecular complexity index is 1300. The van der Waals surface area contributed by atoms with Crippen molar-refractivity contribution >= 4 is 5.97 Å². The van der Waals surface area contributed by atoms with Gasteiger partial charge in [-0.2, -0.15) is 0 Å². The Balaban J connectivity index is 1.38. The molecule has 4 nitrogen and oxygen atoms in total. The first-order valence-corrected chi connectivity index (χ1v) is 13.9. The maximum Gasteiger partial charge on any atom is 0.343 e. The van der Waals surface area contributed by atoms with Gasteiger partial charge in [-0.15, -0.1) is 6.58 Å². The zero-order chi connectivity index (χ0) is 28.5. The summed E-state index contributed by atoms with van der Waals surface area (Å²) in [6.07, 6.45) is 7.76. The highest BCUT2D eigenvalue weighted by molar-refractivity contribution is 5.91. The van der Waals surface area contributed by atoms with E-state index in [2.05, 4.69) is 13.5 Å². The zero-order valence-electron chi connectivity index (χ0n) is 22.8. The van der Waals surface area contributed by atoms with Gasteiger partial charge in [0.2, 0.25) is 0 Å². The second kappa shape index (κ2) is 14.2. The van der Waals surface area contributed by atoms with Crippen LogP contribution in [0.25, 0.3) is 11.1 Å². The number of benzene rings is 3. The molecule has 0 heterocycles. The maximum absolute atomic E-state index is 15.2. The van der Waals surface area contributed by atoms with Gasteiger partial charge in [0, 0.05) is 18.2 Å². The van der Waals surface area contributed by atoms with Crippen molar-refractivity contribution in [2.24, 2.45) is 0 Å². The summed E-state index contributed by atoms with van der Waals surface area (Å²) in [6.45, 7) is 6.74. The van der Waals surface area contributed by atoms with Gasteiger partial charge in [0.25, 0.3) is 0 Å². The van der Waals surface area contributed by atoms with Crippen molar-refractivity contribution in [2.75, 3.05) is 13.2 Å². The van der Waals surface area contributed by atoms with Gasteiger partial charge in [-0.05, 0) is 79.8 Å². The van der Waals surface area contributed by atoms with Gasteiger partial charge in [-0.25, -0.2) is 18.0 Å². The number of hydrogen-bond donors (Lipinski definition) is 0. The van der Waals surface area contributed by atoms with Crippen molar-refractivity contribution in [3.05, 3.63) is 95.8 Å². The van der Waals surface area contributed by atoms with Crippen LogP contribution in [-0.4, -0.2) is 25.3 Å². The van der Waals surface area contributed by atoms with Crippen LogP contribution in [0.2, 0.25) is 0 Å². The lowest BCUT2D eigenvalue weighted by Gasteiger charge is -2.29. The normalized spacial score (nSPS) is 16.9. The number of rotatable bonds is 12. The molecule has 0 radical (unpaired) electrons. The number of halogens is 3. The van der Waals surface area contributed by atoms with Crippen molar-refractivity contribution in [3.63, 3.8) is 0 Å². The molecule has 0 saturated heterocycles. The molecular formula is C33H35F3O4. The van der Waals surface area contributed by atoms with Crippen LogP contribution in [-0.2, 0) is 4.74 Å². The first kappa shape index (κ1) is 29.4. The SMILES string of the molecule is C=CCCOc1ccc(OC(=O)c2ccc(-c3ccc(C4CCC(OCCCC)CC4)c(F)c3F)cc2)cc1F. The topological polar surface area (TPSA) is 44.8 Å². The van der Waals surface area contributed by atoms with E-state index < -0.39 is 23.4 Å². The molecule has 40 heavy (non-hydrogen) atoms. The van der Waals surface area contributed by atoms with E-state index in [-0.39, 0.29) is 41.3 Å². The third-order valence-electron chi connectivity index (χ3n) is 7.20. The molecule has 4 rings (SSSR count). The van der Waals surface area contributed by atoms with Crippen LogP contribution in [0.5, 0.6) is 11.5 Å². The van der Waals surface area contributed by atoms with Crippen LogP contribution >= 0.6 is 0 Å². The Labute approximate surface area is 233 Å². The van der Waals surface area contributed by atoms with E-state index in [1.165, 1.54) is 36.4 Å². The summed E-state index contributed by atoms with van der Waals surface area (Å²) in [5.74, 6) is -3.05. The summed E-state index contributed by atoms with van der Waals surface area (Å²) in [5.41, 5.74) is 1.13. The van der Waals surface area contributed by atoms with Gasteiger partial charge in [-0.1, -0.05) is 43.7 Å². The average Bonchev–Trinajstić information content (AvgIpc) is 2.96. The largest absolute Gasteiger partial charge is 0.490 e. The number of hydrogen-bond acceptors (Lipinski definition) is 4. The summed E-state index contributed by atoms with van der Waals surface area (Å²) in [5, 5.41) is 0. The molecule has 3 aromatic carbocycles. The van der Waals surface area contributed by atoms with E-state index in [9.17, 15) is 9.18 Å². The minimum absolute atomic E-state index is 0.0212. The van der Waals surface area contributed by atoms with Crippen molar-refractivity contribution in [2.45, 2.75) is 63.9 Å². The van der Waals surface area contributed by atoms with Crippen molar-refractivity contribution in [1.82, 2.24) is 0 Å². The molecule has 1 saturated carbocycles. The molecule has 212 valence electrons. The quantitative estimate of drug-likeness (QED) is 0.0975. The monoisotopic (exact) mass is 552 g/mol. The molecule has 1 aliphatic carbocycles. The van der Waals surface area contributed by atoms with Crippen LogP contribution in [0.3, 0.4) is 0 Å². The molecule has 0 aliphatic heterocycles. The van der Waals surface area contributed by atoms with Crippen molar-refractivity contribution in [3.8, 4) is 22.6 Å². The van der Waals surface area contributed by atoms with Gasteiger partial charge in [0.1, 0.15) is 5.75 Å². The van der Waals surface area contributed by atoms with E-state index >= 15 is 8.78 Å². The summed E-state index contributed by atoms with van der Waals surface area (Å²) in [7, 11) is 0. The summed E-state index contributed by atoms with van der Waals surface area (Å²) >= 11 is 0. The first-order chi connectivity index (χ1) is 19.4. The minimum Gasteiger partial charge on any atom is -0.490 e. The molecule has 0 bridgehead atoms. The Morgan fingerprint density at radius 2 is 1.70 bits per heavy atom. The number of carbonyl (C=O) groups excluding carboxylic acids is 1. The number of carbonyl (C=O) groups is 1. The van der Waals surface area contributed by atoms with E-state index in [1.807, 2.05) is 0 Å². The van der Waals surface area contributed by atoms with Crippen LogP contribution in [0.4, 0.5) is 13.2 Å². The smallest absolute Gasteiger partial charge is 0.343 e. The average molecular weight is 553 g/mol. The van der Waals surface area contributed by atoms with Crippen molar-refractivity contribution in [1.29, 1.82) is 0 Å². The van der Waals surface area contributed by atoms with Crippen LogP contribution in [0.1, 0.15) is 73.7 Å². The molecule has 1 fully saturated rings. The Morgan fingerprint density at radius 1 is 0.950 bits per heavy atom. The fourth-order valence-corrected chi connectivity index (χ4v) is 4.90. The minimum atomic E-state index is -0.903. The molecule has 0 unspecified atom stereocenters. The van der Waals surface area contributed by atoms with Gasteiger partial charge >= 0.3 is 5.97 Å². The highest BCUT2D eigenvalue weighted by atomic mass is 19.2. The summed E-state index contributed by atoms with van der Waals surface area (Å²) in [4.78, 5) is 12.6. The maximum atomic E-state index is 15.2. The molecule has 0 atom stereocenters. The third-order valence-corrected chi connectivity index (χ3v) is 7.20. The fourth-order valence-electron chi connectivity index (χ4n) is 4.90. The summed E-state index contributed by atoms with van der Waals surface area (Å²) in [6, 6.07) is 13.1. The van der Waals surface area contributed by atoms with E-state index in [0.29, 0.717) is 17.5 Å². The summed E-state index contributed by atoms with van der Waals surface area (Å²) < 4.78 is 61.0. The van der Waals surface area contributed by atoms with Crippen molar-refractivity contribution < 1.29 is 32.2 Å². The zero-order valence-corrected chi connectivity index (χ0v) is 22.8. The van der Waals surface area contributed by atoms with Crippen LogP contribution < -0.4 is 9.47 Å². The predicted molar refractivity (Wildman–Crippen MR) is 149 cm³/mol. The lowest BCUT2D eigenvalue weighted by atomic mass is 9.82. The van der Waals surface area contributed by atoms with Crippen LogP contribution in [0.15, 0.2) is 67.3 Å². The second-order valence-corrected chi connectivity index (χ2v) is 10.0. The van der Waals surface area contributed by atoms with Crippen LogP contribution in [0, 0.1) is 17.5 Å².